The van der Waals surface area contributed by atoms with E-state index in [1.165, 1.54) is 12.1 Å². The number of benzene rings is 1. The van der Waals surface area contributed by atoms with Gasteiger partial charge in [0.1, 0.15) is 0 Å². The van der Waals surface area contributed by atoms with Crippen molar-refractivity contribution < 1.29 is 18.0 Å². The Bertz CT molecular complexity index is 697. The number of alkyl halides is 3. The molecule has 5 nitrogen and oxygen atoms in total. The van der Waals surface area contributed by atoms with Gasteiger partial charge in [-0.1, -0.05) is 6.07 Å². The highest BCUT2D eigenvalue weighted by Gasteiger charge is 2.30. The molecule has 130 valence electrons. The molecule has 0 saturated carbocycles. The zero-order valence-corrected chi connectivity index (χ0v) is 13.5. The zero-order chi connectivity index (χ0) is 17.7. The van der Waals surface area contributed by atoms with E-state index in [1.54, 1.807) is 22.8 Å². The number of likely N-dealkylation sites (N-methyl/N-ethyl adjacent to an activating group) is 1. The number of amides is 1. The highest BCUT2D eigenvalue weighted by atomic mass is 19.4. The molecule has 1 N–H and O–H groups in total. The molecule has 0 aliphatic rings. The lowest BCUT2D eigenvalue weighted by atomic mass is 10.2. The summed E-state index contributed by atoms with van der Waals surface area (Å²) in [6.45, 7) is 3.33. The normalized spacial score (nSPS) is 11.8. The van der Waals surface area contributed by atoms with Crippen molar-refractivity contribution in [1.29, 1.82) is 0 Å². The molecule has 0 radical (unpaired) electrons. The fourth-order valence-electron chi connectivity index (χ4n) is 2.25. The lowest BCUT2D eigenvalue weighted by molar-refractivity contribution is -0.137. The minimum Gasteiger partial charge on any atom is -0.325 e. The Morgan fingerprint density at radius 2 is 2.12 bits per heavy atom. The van der Waals surface area contributed by atoms with Crippen LogP contribution in [0.25, 0.3) is 0 Å². The van der Waals surface area contributed by atoms with E-state index < -0.39 is 11.7 Å². The highest BCUT2D eigenvalue weighted by molar-refractivity contribution is 5.92. The number of nitrogens with one attached hydrogen (secondary N) is 1. The minimum absolute atomic E-state index is 0.0630. The molecular weight excluding hydrogens is 321 g/mol. The summed E-state index contributed by atoms with van der Waals surface area (Å²) in [5.74, 6) is -0.375. The molecule has 0 aliphatic heterocycles. The SMILES string of the molecule is CCn1cc(CN(C)CC(=O)Nc2cccc(C(F)(F)F)c2)cn1. The summed E-state index contributed by atoms with van der Waals surface area (Å²) in [5.41, 5.74) is 0.300. The largest absolute Gasteiger partial charge is 0.416 e. The van der Waals surface area contributed by atoms with Gasteiger partial charge in [0.2, 0.25) is 5.91 Å². The summed E-state index contributed by atoms with van der Waals surface area (Å²) < 4.78 is 39.8. The third-order valence-electron chi connectivity index (χ3n) is 3.35. The smallest absolute Gasteiger partial charge is 0.325 e. The number of carbonyl (C=O) groups excluding carboxylic acids is 1. The fourth-order valence-corrected chi connectivity index (χ4v) is 2.25. The van der Waals surface area contributed by atoms with Crippen LogP contribution < -0.4 is 5.32 Å². The molecule has 2 aromatic rings. The molecule has 1 amide bonds. The number of aryl methyl sites for hydroxylation is 1. The number of nitrogens with zero attached hydrogens (tertiary/aromatic N) is 3. The Balaban J connectivity index is 1.90. The van der Waals surface area contributed by atoms with Crippen molar-refractivity contribution in [3.8, 4) is 0 Å². The molecule has 1 heterocycles. The Labute approximate surface area is 138 Å². The minimum atomic E-state index is -4.43. The number of carbonyl (C=O) groups is 1. The number of anilines is 1. The average Bonchev–Trinajstić information content (AvgIpc) is 2.93. The van der Waals surface area contributed by atoms with Gasteiger partial charge >= 0.3 is 6.18 Å². The van der Waals surface area contributed by atoms with Gasteiger partial charge < -0.3 is 5.32 Å². The predicted octanol–water partition coefficient (Wildman–Crippen LogP) is 2.99. The molecule has 0 bridgehead atoms. The molecule has 0 saturated heterocycles. The fraction of sp³-hybridized carbons (Fsp3) is 0.375. The van der Waals surface area contributed by atoms with Crippen LogP contribution in [-0.4, -0.2) is 34.2 Å². The van der Waals surface area contributed by atoms with Crippen molar-refractivity contribution in [2.45, 2.75) is 26.2 Å². The van der Waals surface area contributed by atoms with Crippen LogP contribution in [0.4, 0.5) is 18.9 Å². The summed E-state index contributed by atoms with van der Waals surface area (Å²) in [7, 11) is 1.76. The van der Waals surface area contributed by atoms with E-state index in [0.717, 1.165) is 24.2 Å². The summed E-state index contributed by atoms with van der Waals surface area (Å²) >= 11 is 0. The quantitative estimate of drug-likeness (QED) is 0.879. The standard InChI is InChI=1S/C16H19F3N4O/c1-3-23-10-12(8-20-23)9-22(2)11-15(24)21-14-6-4-5-13(7-14)16(17,18)19/h4-8,10H,3,9,11H2,1-2H3,(H,21,24). The van der Waals surface area contributed by atoms with E-state index in [2.05, 4.69) is 10.4 Å². The summed E-state index contributed by atoms with van der Waals surface area (Å²) in [6, 6.07) is 4.58. The Morgan fingerprint density at radius 3 is 2.75 bits per heavy atom. The van der Waals surface area contributed by atoms with Crippen LogP contribution in [0.3, 0.4) is 0 Å². The lowest BCUT2D eigenvalue weighted by Gasteiger charge is -2.16. The average molecular weight is 340 g/mol. The number of halogens is 3. The van der Waals surface area contributed by atoms with Crippen molar-refractivity contribution in [3.63, 3.8) is 0 Å². The first-order chi connectivity index (χ1) is 11.3. The maximum Gasteiger partial charge on any atom is 0.416 e. The zero-order valence-electron chi connectivity index (χ0n) is 13.5. The van der Waals surface area contributed by atoms with Crippen molar-refractivity contribution >= 4 is 11.6 Å². The van der Waals surface area contributed by atoms with Crippen LogP contribution in [0, 0.1) is 0 Å². The van der Waals surface area contributed by atoms with Gasteiger partial charge in [-0.3, -0.25) is 14.4 Å². The third kappa shape index (κ3) is 5.09. The van der Waals surface area contributed by atoms with E-state index in [1.807, 2.05) is 13.1 Å². The van der Waals surface area contributed by atoms with E-state index in [9.17, 15) is 18.0 Å². The van der Waals surface area contributed by atoms with Gasteiger partial charge in [-0.2, -0.15) is 18.3 Å². The molecule has 8 heteroatoms. The van der Waals surface area contributed by atoms with E-state index >= 15 is 0 Å². The Kier molecular flexibility index (Phi) is 5.61. The van der Waals surface area contributed by atoms with E-state index in [4.69, 9.17) is 0 Å². The predicted molar refractivity (Wildman–Crippen MR) is 84.3 cm³/mol. The molecule has 1 aromatic heterocycles. The first kappa shape index (κ1) is 18.0. The van der Waals surface area contributed by atoms with Crippen LogP contribution in [0.5, 0.6) is 0 Å². The van der Waals surface area contributed by atoms with E-state index in [-0.39, 0.29) is 18.1 Å². The van der Waals surface area contributed by atoms with Gasteiger partial charge in [-0.15, -0.1) is 0 Å². The third-order valence-corrected chi connectivity index (χ3v) is 3.35. The maximum atomic E-state index is 12.7. The highest BCUT2D eigenvalue weighted by Crippen LogP contribution is 2.30. The number of aromatic nitrogens is 2. The second-order valence-electron chi connectivity index (χ2n) is 5.50. The van der Waals surface area contributed by atoms with Crippen LogP contribution in [0.1, 0.15) is 18.1 Å². The molecule has 0 spiro atoms. The summed E-state index contributed by atoms with van der Waals surface area (Å²) in [5, 5.41) is 6.64. The molecular formula is C16H19F3N4O. The first-order valence-corrected chi connectivity index (χ1v) is 7.45. The number of hydrogen-bond acceptors (Lipinski definition) is 3. The van der Waals surface area contributed by atoms with Gasteiger partial charge in [0.05, 0.1) is 18.3 Å². The molecule has 0 unspecified atom stereocenters. The summed E-state index contributed by atoms with van der Waals surface area (Å²) in [4.78, 5) is 13.7. The molecule has 0 atom stereocenters. The van der Waals surface area contributed by atoms with Crippen molar-refractivity contribution in [3.05, 3.63) is 47.8 Å². The van der Waals surface area contributed by atoms with Gasteiger partial charge in [-0.05, 0) is 32.2 Å². The van der Waals surface area contributed by atoms with Crippen molar-refractivity contribution in [1.82, 2.24) is 14.7 Å². The second-order valence-corrected chi connectivity index (χ2v) is 5.50. The van der Waals surface area contributed by atoms with Crippen LogP contribution in [0.2, 0.25) is 0 Å². The second kappa shape index (κ2) is 7.48. The van der Waals surface area contributed by atoms with Gasteiger partial charge in [0.15, 0.2) is 0 Å². The molecule has 1 aromatic carbocycles. The van der Waals surface area contributed by atoms with Gasteiger partial charge in [-0.25, -0.2) is 0 Å². The van der Waals surface area contributed by atoms with Gasteiger partial charge in [0, 0.05) is 30.5 Å². The molecule has 0 aliphatic carbocycles. The monoisotopic (exact) mass is 340 g/mol. The maximum absolute atomic E-state index is 12.7. The Morgan fingerprint density at radius 1 is 1.38 bits per heavy atom. The molecule has 2 rings (SSSR count). The molecule has 0 fully saturated rings. The topological polar surface area (TPSA) is 50.2 Å². The van der Waals surface area contributed by atoms with Crippen molar-refractivity contribution in [2.24, 2.45) is 0 Å². The first-order valence-electron chi connectivity index (χ1n) is 7.45. The van der Waals surface area contributed by atoms with Gasteiger partial charge in [0.25, 0.3) is 0 Å². The lowest BCUT2D eigenvalue weighted by Crippen LogP contribution is -2.29. The van der Waals surface area contributed by atoms with Crippen LogP contribution in [0.15, 0.2) is 36.7 Å². The van der Waals surface area contributed by atoms with Crippen LogP contribution in [-0.2, 0) is 24.1 Å². The molecule has 24 heavy (non-hydrogen) atoms. The summed E-state index contributed by atoms with van der Waals surface area (Å²) in [6.07, 6.45) is -0.817. The van der Waals surface area contributed by atoms with E-state index in [0.29, 0.717) is 6.54 Å². The number of hydrogen-bond donors (Lipinski definition) is 1. The Hall–Kier alpha value is -2.35. The van der Waals surface area contributed by atoms with Crippen molar-refractivity contribution in [2.75, 3.05) is 18.9 Å². The number of rotatable bonds is 6. The van der Waals surface area contributed by atoms with Crippen LogP contribution >= 0.6 is 0 Å².